The molecule has 2 aliphatic rings. The summed E-state index contributed by atoms with van der Waals surface area (Å²) in [6.45, 7) is 28.1. The van der Waals surface area contributed by atoms with E-state index in [1.165, 1.54) is 94.2 Å². The van der Waals surface area contributed by atoms with Gasteiger partial charge in [-0.1, -0.05) is 156 Å². The van der Waals surface area contributed by atoms with Crippen LogP contribution in [0.25, 0.3) is 49.8 Å². The average molecular weight is 759 g/mol. The van der Waals surface area contributed by atoms with E-state index in [1.54, 1.807) is 0 Å². The summed E-state index contributed by atoms with van der Waals surface area (Å²) < 4.78 is 9.48. The molecule has 0 amide bonds. The Labute approximate surface area is 344 Å². The summed E-state index contributed by atoms with van der Waals surface area (Å²) in [7, 11) is 0. The maximum absolute atomic E-state index is 6.99. The van der Waals surface area contributed by atoms with E-state index in [1.807, 2.05) is 0 Å². The molecule has 3 nitrogen and oxygen atoms in total. The van der Waals surface area contributed by atoms with Gasteiger partial charge in [0.2, 0.25) is 5.71 Å². The summed E-state index contributed by atoms with van der Waals surface area (Å²) in [6.07, 6.45) is 0. The smallest absolute Gasteiger partial charge is 0.252 e. The monoisotopic (exact) mass is 758 g/mol. The fourth-order valence-corrected chi connectivity index (χ4v) is 9.62. The number of para-hydroxylation sites is 1. The molecule has 2 aliphatic heterocycles. The van der Waals surface area contributed by atoms with Crippen molar-refractivity contribution in [1.82, 2.24) is 4.57 Å². The fourth-order valence-electron chi connectivity index (χ4n) is 9.62. The van der Waals surface area contributed by atoms with Gasteiger partial charge in [-0.25, -0.2) is 0 Å². The van der Waals surface area contributed by atoms with Crippen LogP contribution in [0.5, 0.6) is 0 Å². The van der Waals surface area contributed by atoms with Crippen molar-refractivity contribution in [2.75, 3.05) is 4.90 Å². The summed E-state index contributed by atoms with van der Waals surface area (Å²) in [5, 5.41) is 3.65. The summed E-state index contributed by atoms with van der Waals surface area (Å²) >= 11 is 0. The van der Waals surface area contributed by atoms with E-state index in [-0.39, 0.29) is 28.4 Å². The Morgan fingerprint density at radius 3 is 1.74 bits per heavy atom. The van der Waals surface area contributed by atoms with Gasteiger partial charge in [0, 0.05) is 33.4 Å². The van der Waals surface area contributed by atoms with Gasteiger partial charge in [0.15, 0.2) is 0 Å². The van der Waals surface area contributed by atoms with Crippen molar-refractivity contribution in [3.8, 4) is 16.8 Å². The number of rotatable bonds is 2. The topological polar surface area (TPSA) is 21.3 Å². The molecule has 290 valence electrons. The molecule has 4 heteroatoms. The van der Waals surface area contributed by atoms with Crippen LogP contribution in [-0.4, -0.2) is 11.3 Å². The molecule has 2 aromatic heterocycles. The minimum absolute atomic E-state index is 0.0100. The van der Waals surface area contributed by atoms with Crippen LogP contribution in [0.1, 0.15) is 105 Å². The summed E-state index contributed by atoms with van der Waals surface area (Å²) in [4.78, 5) is 2.62. The quantitative estimate of drug-likeness (QED) is 0.164. The van der Waals surface area contributed by atoms with Gasteiger partial charge in [0.25, 0.3) is 6.71 Å². The molecule has 4 heterocycles. The van der Waals surface area contributed by atoms with E-state index in [4.69, 9.17) is 4.42 Å². The van der Waals surface area contributed by atoms with Gasteiger partial charge in [-0.05, 0) is 108 Å². The molecule has 0 aliphatic carbocycles. The lowest BCUT2D eigenvalue weighted by molar-refractivity contribution is 0.589. The van der Waals surface area contributed by atoms with Crippen molar-refractivity contribution < 1.29 is 4.42 Å². The highest BCUT2D eigenvalue weighted by Gasteiger charge is 2.45. The maximum atomic E-state index is 6.99. The largest absolute Gasteiger partial charge is 0.439 e. The van der Waals surface area contributed by atoms with Gasteiger partial charge in [-0.15, -0.1) is 0 Å². The molecule has 0 fully saturated rings. The fraction of sp³-hybridized carbons (Fsp3) is 0.296. The van der Waals surface area contributed by atoms with Crippen LogP contribution in [-0.2, 0) is 21.7 Å². The Morgan fingerprint density at radius 2 is 1.05 bits per heavy atom. The highest BCUT2D eigenvalue weighted by Crippen LogP contribution is 2.49. The SMILES string of the molecule is CC(C)(C)c1ccc(N2c3cc(C(C)(C)C)ccc3B3c4c2cc(C(C)(C)C)cc4-n2c4oc5ccccc5c4c4cc(C(C)(C)C)cc3c42)c(-c2ccccc2)c1. The molecule has 0 atom stereocenters. The Bertz CT molecular complexity index is 2990. The van der Waals surface area contributed by atoms with E-state index < -0.39 is 0 Å². The first-order valence-corrected chi connectivity index (χ1v) is 21.1. The molecule has 58 heavy (non-hydrogen) atoms. The van der Waals surface area contributed by atoms with Crippen molar-refractivity contribution in [1.29, 1.82) is 0 Å². The number of furan rings is 1. The Morgan fingerprint density at radius 1 is 0.466 bits per heavy atom. The highest BCUT2D eigenvalue weighted by molar-refractivity contribution is 7.00. The highest BCUT2D eigenvalue weighted by atomic mass is 16.3. The van der Waals surface area contributed by atoms with Crippen LogP contribution in [0.2, 0.25) is 0 Å². The zero-order valence-electron chi connectivity index (χ0n) is 36.3. The van der Waals surface area contributed by atoms with E-state index in [0.717, 1.165) is 11.3 Å². The van der Waals surface area contributed by atoms with Crippen LogP contribution in [0.4, 0.5) is 17.1 Å². The zero-order valence-corrected chi connectivity index (χ0v) is 36.3. The molecular weight excluding hydrogens is 703 g/mol. The van der Waals surface area contributed by atoms with E-state index in [0.29, 0.717) is 0 Å². The standard InChI is InChI=1S/C54H55BN2O/c1-51(2,3)33-23-25-42(38(26-33)32-18-14-13-15-19-32)56-43-29-34(52(4,5)6)22-24-40(43)55-41-28-35(53(7,8)9)27-39-47-37-20-16-17-21-46(37)58-50(47)57(49(39)41)45-31-36(54(10,11)12)30-44(56)48(45)55/h13-31H,1-12H3. The molecule has 0 radical (unpaired) electrons. The number of benzene rings is 6. The van der Waals surface area contributed by atoms with Gasteiger partial charge < -0.3 is 9.32 Å². The molecular formula is C54H55BN2O. The van der Waals surface area contributed by atoms with Crippen LogP contribution in [0.3, 0.4) is 0 Å². The minimum atomic E-state index is -0.117. The Hall–Kier alpha value is -5.48. The zero-order chi connectivity index (χ0) is 40.8. The molecule has 0 N–H and O–H groups in total. The van der Waals surface area contributed by atoms with Gasteiger partial charge in [0.05, 0.1) is 16.6 Å². The second-order valence-electron chi connectivity index (χ2n) is 21.1. The van der Waals surface area contributed by atoms with Crippen molar-refractivity contribution >= 4 is 73.1 Å². The van der Waals surface area contributed by atoms with Crippen molar-refractivity contribution in [2.45, 2.75) is 105 Å². The normalized spacial score (nSPS) is 14.1. The second-order valence-corrected chi connectivity index (χ2v) is 21.1. The third kappa shape index (κ3) is 5.40. The first-order chi connectivity index (χ1) is 27.3. The van der Waals surface area contributed by atoms with Crippen molar-refractivity contribution in [3.63, 3.8) is 0 Å². The number of anilines is 3. The van der Waals surface area contributed by atoms with E-state index in [2.05, 4.69) is 208 Å². The molecule has 8 aromatic rings. The first-order valence-electron chi connectivity index (χ1n) is 21.1. The van der Waals surface area contributed by atoms with Gasteiger partial charge in [0.1, 0.15) is 5.58 Å². The van der Waals surface area contributed by atoms with E-state index >= 15 is 0 Å². The maximum Gasteiger partial charge on any atom is 0.252 e. The lowest BCUT2D eigenvalue weighted by Crippen LogP contribution is -2.60. The summed E-state index contributed by atoms with van der Waals surface area (Å²) in [5.74, 6) is 0. The Kier molecular flexibility index (Phi) is 7.65. The molecule has 10 rings (SSSR count). The number of hydrogen-bond donors (Lipinski definition) is 0. The van der Waals surface area contributed by atoms with Crippen molar-refractivity contribution in [3.05, 3.63) is 138 Å². The van der Waals surface area contributed by atoms with Crippen LogP contribution < -0.4 is 21.3 Å². The molecule has 6 aromatic carbocycles. The predicted octanol–water partition coefficient (Wildman–Crippen LogP) is 13.0. The lowest BCUT2D eigenvalue weighted by Gasteiger charge is -2.43. The molecule has 0 spiro atoms. The molecule has 0 saturated carbocycles. The molecule has 0 saturated heterocycles. The third-order valence-corrected chi connectivity index (χ3v) is 13.0. The van der Waals surface area contributed by atoms with Crippen LogP contribution in [0.15, 0.2) is 120 Å². The van der Waals surface area contributed by atoms with Crippen LogP contribution in [0, 0.1) is 0 Å². The number of aromatic nitrogens is 1. The molecule has 0 unspecified atom stereocenters. The number of fused-ring (bicyclic) bond motifs is 9. The Balaban J connectivity index is 1.41. The minimum Gasteiger partial charge on any atom is -0.439 e. The second kappa shape index (κ2) is 12.0. The first kappa shape index (κ1) is 36.8. The lowest BCUT2D eigenvalue weighted by atomic mass is 9.33. The van der Waals surface area contributed by atoms with Gasteiger partial charge >= 0.3 is 0 Å². The van der Waals surface area contributed by atoms with E-state index in [9.17, 15) is 0 Å². The number of nitrogens with zero attached hydrogens (tertiary/aromatic N) is 2. The van der Waals surface area contributed by atoms with Gasteiger partial charge in [-0.3, -0.25) is 4.57 Å². The summed E-state index contributed by atoms with van der Waals surface area (Å²) in [6, 6.07) is 44.1. The van der Waals surface area contributed by atoms with Crippen LogP contribution >= 0.6 is 0 Å². The number of hydrogen-bond acceptors (Lipinski definition) is 2. The van der Waals surface area contributed by atoms with Crippen molar-refractivity contribution in [2.24, 2.45) is 0 Å². The predicted molar refractivity (Wildman–Crippen MR) is 250 cm³/mol. The van der Waals surface area contributed by atoms with Gasteiger partial charge in [-0.2, -0.15) is 0 Å². The average Bonchev–Trinajstić information content (AvgIpc) is 3.70. The third-order valence-electron chi connectivity index (χ3n) is 13.0. The molecule has 0 bridgehead atoms. The summed E-state index contributed by atoms with van der Waals surface area (Å²) in [5.41, 5.74) is 19.6.